The molecule has 1 aromatic rings. The van der Waals surface area contributed by atoms with Gasteiger partial charge in [0.15, 0.2) is 6.10 Å². The van der Waals surface area contributed by atoms with E-state index < -0.39 is 22.1 Å². The summed E-state index contributed by atoms with van der Waals surface area (Å²) in [7, 11) is -2.46. The van der Waals surface area contributed by atoms with Crippen molar-refractivity contribution in [1.29, 1.82) is 0 Å². The SMILES string of the molecule is COc1ccc(C(=O)O[C@H](C)C(=O)NC2CCCC2)cc1S(=O)(=O)N1CCCC[C@H]1C. The van der Waals surface area contributed by atoms with Crippen LogP contribution in [0.4, 0.5) is 0 Å². The number of benzene rings is 1. The molecule has 8 nitrogen and oxygen atoms in total. The van der Waals surface area contributed by atoms with Gasteiger partial charge in [-0.05, 0) is 57.7 Å². The number of nitrogens with zero attached hydrogens (tertiary/aromatic N) is 1. The smallest absolute Gasteiger partial charge is 0.338 e. The average Bonchev–Trinajstić information content (AvgIpc) is 3.26. The summed E-state index contributed by atoms with van der Waals surface area (Å²) in [5.41, 5.74) is 0.0598. The molecule has 1 saturated carbocycles. The molecule has 0 unspecified atom stereocenters. The first-order chi connectivity index (χ1) is 14.7. The van der Waals surface area contributed by atoms with Crippen molar-refractivity contribution in [3.63, 3.8) is 0 Å². The van der Waals surface area contributed by atoms with E-state index in [1.54, 1.807) is 0 Å². The van der Waals surface area contributed by atoms with Crippen molar-refractivity contribution >= 4 is 21.9 Å². The number of esters is 1. The molecule has 0 bridgehead atoms. The van der Waals surface area contributed by atoms with Crippen molar-refractivity contribution in [2.75, 3.05) is 13.7 Å². The number of carbonyl (C=O) groups is 2. The van der Waals surface area contributed by atoms with Crippen LogP contribution in [0.25, 0.3) is 0 Å². The topological polar surface area (TPSA) is 102 Å². The van der Waals surface area contributed by atoms with E-state index in [1.807, 2.05) is 6.92 Å². The fourth-order valence-electron chi connectivity index (χ4n) is 4.23. The minimum Gasteiger partial charge on any atom is -0.495 e. The molecular formula is C22H32N2O6S. The maximum absolute atomic E-state index is 13.3. The van der Waals surface area contributed by atoms with Crippen LogP contribution >= 0.6 is 0 Å². The van der Waals surface area contributed by atoms with Crippen LogP contribution in [0.15, 0.2) is 23.1 Å². The van der Waals surface area contributed by atoms with Gasteiger partial charge >= 0.3 is 5.97 Å². The summed E-state index contributed by atoms with van der Waals surface area (Å²) < 4.78 is 38.7. The predicted molar refractivity (Wildman–Crippen MR) is 115 cm³/mol. The Morgan fingerprint density at radius 3 is 2.45 bits per heavy atom. The van der Waals surface area contributed by atoms with Gasteiger partial charge in [0.25, 0.3) is 5.91 Å². The summed E-state index contributed by atoms with van der Waals surface area (Å²) in [4.78, 5) is 24.9. The molecule has 2 atom stereocenters. The first-order valence-electron chi connectivity index (χ1n) is 10.9. The lowest BCUT2D eigenvalue weighted by molar-refractivity contribution is -0.129. The highest BCUT2D eigenvalue weighted by atomic mass is 32.2. The quantitative estimate of drug-likeness (QED) is 0.639. The summed E-state index contributed by atoms with van der Waals surface area (Å²) in [6.45, 7) is 3.82. The number of amides is 1. The Morgan fingerprint density at radius 2 is 1.81 bits per heavy atom. The molecule has 1 amide bonds. The highest BCUT2D eigenvalue weighted by Gasteiger charge is 2.34. The highest BCUT2D eigenvalue weighted by molar-refractivity contribution is 7.89. The van der Waals surface area contributed by atoms with Crippen LogP contribution < -0.4 is 10.1 Å². The number of nitrogens with one attached hydrogen (secondary N) is 1. The Hall–Kier alpha value is -2.13. The van der Waals surface area contributed by atoms with Crippen LogP contribution in [0, 0.1) is 0 Å². The van der Waals surface area contributed by atoms with Crippen LogP contribution in [0.1, 0.15) is 69.2 Å². The molecule has 172 valence electrons. The molecule has 0 spiro atoms. The minimum atomic E-state index is -3.85. The molecule has 1 saturated heterocycles. The molecule has 9 heteroatoms. The number of rotatable bonds is 7. The Bertz CT molecular complexity index is 911. The third-order valence-electron chi connectivity index (χ3n) is 6.08. The lowest BCUT2D eigenvalue weighted by Gasteiger charge is -2.32. The largest absolute Gasteiger partial charge is 0.495 e. The molecule has 3 rings (SSSR count). The Labute approximate surface area is 184 Å². The fraction of sp³-hybridized carbons (Fsp3) is 0.636. The zero-order valence-electron chi connectivity index (χ0n) is 18.4. The maximum Gasteiger partial charge on any atom is 0.338 e. The van der Waals surface area contributed by atoms with Gasteiger partial charge in [0.05, 0.1) is 12.7 Å². The lowest BCUT2D eigenvalue weighted by atomic mass is 10.1. The summed E-state index contributed by atoms with van der Waals surface area (Å²) in [6, 6.07) is 4.17. The van der Waals surface area contributed by atoms with E-state index in [9.17, 15) is 18.0 Å². The van der Waals surface area contributed by atoms with Crippen LogP contribution in [0.3, 0.4) is 0 Å². The minimum absolute atomic E-state index is 0.0598. The monoisotopic (exact) mass is 452 g/mol. The zero-order valence-corrected chi connectivity index (χ0v) is 19.2. The maximum atomic E-state index is 13.3. The van der Waals surface area contributed by atoms with Gasteiger partial charge in [0, 0.05) is 18.6 Å². The first-order valence-corrected chi connectivity index (χ1v) is 12.4. The van der Waals surface area contributed by atoms with Gasteiger partial charge in [0.1, 0.15) is 10.6 Å². The number of hydrogen-bond acceptors (Lipinski definition) is 6. The fourth-order valence-corrected chi connectivity index (χ4v) is 6.11. The third kappa shape index (κ3) is 5.38. The highest BCUT2D eigenvalue weighted by Crippen LogP contribution is 2.32. The molecule has 1 aliphatic heterocycles. The van der Waals surface area contributed by atoms with Crippen LogP contribution in [0.2, 0.25) is 0 Å². The predicted octanol–water partition coefficient (Wildman–Crippen LogP) is 2.86. The molecule has 0 aromatic heterocycles. The molecular weight excluding hydrogens is 420 g/mol. The van der Waals surface area contributed by atoms with Gasteiger partial charge in [-0.1, -0.05) is 19.3 Å². The van der Waals surface area contributed by atoms with Gasteiger partial charge < -0.3 is 14.8 Å². The molecule has 1 N–H and O–H groups in total. The molecule has 1 aliphatic carbocycles. The second-order valence-electron chi connectivity index (χ2n) is 8.36. The van der Waals surface area contributed by atoms with Crippen molar-refractivity contribution in [3.05, 3.63) is 23.8 Å². The zero-order chi connectivity index (χ0) is 22.6. The second kappa shape index (κ2) is 9.99. The van der Waals surface area contributed by atoms with Crippen molar-refractivity contribution in [1.82, 2.24) is 9.62 Å². The van der Waals surface area contributed by atoms with E-state index in [1.165, 1.54) is 36.5 Å². The van der Waals surface area contributed by atoms with Gasteiger partial charge in [0.2, 0.25) is 10.0 Å². The van der Waals surface area contributed by atoms with E-state index in [2.05, 4.69) is 5.32 Å². The molecule has 2 fully saturated rings. The van der Waals surface area contributed by atoms with Crippen LogP contribution in [0.5, 0.6) is 5.75 Å². The second-order valence-corrected chi connectivity index (χ2v) is 10.2. The van der Waals surface area contributed by atoms with Crippen LogP contribution in [-0.4, -0.2) is 56.4 Å². The molecule has 2 aliphatic rings. The lowest BCUT2D eigenvalue weighted by Crippen LogP contribution is -2.42. The summed E-state index contributed by atoms with van der Waals surface area (Å²) >= 11 is 0. The number of piperidine rings is 1. The molecule has 1 heterocycles. The van der Waals surface area contributed by atoms with Gasteiger partial charge in [-0.2, -0.15) is 4.31 Å². The Balaban J connectivity index is 1.77. The summed E-state index contributed by atoms with van der Waals surface area (Å²) in [6.07, 6.45) is 5.62. The van der Waals surface area contributed by atoms with Crippen molar-refractivity contribution in [2.24, 2.45) is 0 Å². The molecule has 1 aromatic carbocycles. The van der Waals surface area contributed by atoms with E-state index in [0.29, 0.717) is 6.54 Å². The van der Waals surface area contributed by atoms with E-state index in [-0.39, 0.29) is 34.2 Å². The van der Waals surface area contributed by atoms with E-state index >= 15 is 0 Å². The number of sulfonamides is 1. The normalized spacial score (nSPS) is 21.5. The van der Waals surface area contributed by atoms with Gasteiger partial charge in [-0.3, -0.25) is 4.79 Å². The average molecular weight is 453 g/mol. The first kappa shape index (κ1) is 23.5. The van der Waals surface area contributed by atoms with Gasteiger partial charge in [-0.15, -0.1) is 0 Å². The Kier molecular flexibility index (Phi) is 7.59. The van der Waals surface area contributed by atoms with E-state index in [4.69, 9.17) is 9.47 Å². The van der Waals surface area contributed by atoms with Gasteiger partial charge in [-0.25, -0.2) is 13.2 Å². The molecule has 0 radical (unpaired) electrons. The van der Waals surface area contributed by atoms with Crippen LogP contribution in [-0.2, 0) is 19.6 Å². The number of methoxy groups -OCH3 is 1. The van der Waals surface area contributed by atoms with E-state index in [0.717, 1.165) is 44.9 Å². The molecule has 31 heavy (non-hydrogen) atoms. The Morgan fingerprint density at radius 1 is 1.13 bits per heavy atom. The third-order valence-corrected chi connectivity index (χ3v) is 8.12. The summed E-state index contributed by atoms with van der Waals surface area (Å²) in [5, 5.41) is 2.90. The summed E-state index contributed by atoms with van der Waals surface area (Å²) in [5.74, 6) is -0.926. The number of ether oxygens (including phenoxy) is 2. The standard InChI is InChI=1S/C22H32N2O6S/c1-15-8-6-7-13-24(15)31(27,28)20-14-17(11-12-19(20)29-3)22(26)30-16(2)21(25)23-18-9-4-5-10-18/h11-12,14-16,18H,4-10,13H2,1-3H3,(H,23,25)/t15-,16-/m1/s1. The number of hydrogen-bond donors (Lipinski definition) is 1. The number of carbonyl (C=O) groups excluding carboxylic acids is 2. The van der Waals surface area contributed by atoms with Crippen molar-refractivity contribution in [3.8, 4) is 5.75 Å². The van der Waals surface area contributed by atoms with Crippen molar-refractivity contribution < 1.29 is 27.5 Å². The van der Waals surface area contributed by atoms with Crippen molar-refractivity contribution in [2.45, 2.75) is 81.9 Å².